The Hall–Kier alpha value is -3.17. The minimum atomic E-state index is -0.755. The number of carbonyl (C=O) groups excluding carboxylic acids is 1. The van der Waals surface area contributed by atoms with Crippen LogP contribution in [0.2, 0.25) is 0 Å². The van der Waals surface area contributed by atoms with Crippen molar-refractivity contribution in [3.8, 4) is 17.1 Å². The molecule has 1 amide bonds. The lowest BCUT2D eigenvalue weighted by molar-refractivity contribution is -0.143. The molecule has 2 atom stereocenters. The van der Waals surface area contributed by atoms with Gasteiger partial charge in [-0.2, -0.15) is 0 Å². The van der Waals surface area contributed by atoms with Gasteiger partial charge in [0.25, 0.3) is 0 Å². The number of aliphatic carboxylic acids is 1. The van der Waals surface area contributed by atoms with Crippen LogP contribution in [0.25, 0.3) is 11.4 Å². The van der Waals surface area contributed by atoms with Crippen molar-refractivity contribution in [3.05, 3.63) is 23.5 Å². The first-order chi connectivity index (χ1) is 16.8. The van der Waals surface area contributed by atoms with Crippen molar-refractivity contribution in [3.63, 3.8) is 0 Å². The number of hydrogen-bond donors (Lipinski definition) is 1. The Morgan fingerprint density at radius 2 is 1.94 bits per heavy atom. The van der Waals surface area contributed by atoms with Crippen LogP contribution in [0.4, 0.5) is 4.79 Å². The number of carboxylic acids is 1. The average molecular weight is 486 g/mol. The lowest BCUT2D eigenvalue weighted by atomic mass is 9.87. The number of nitrogens with zero attached hydrogens (tertiary/aromatic N) is 5. The van der Waals surface area contributed by atoms with E-state index in [9.17, 15) is 14.7 Å². The Bertz CT molecular complexity index is 1050. The summed E-state index contributed by atoms with van der Waals surface area (Å²) in [6.07, 6.45) is 7.34. The van der Waals surface area contributed by atoms with Crippen LogP contribution in [0.5, 0.6) is 5.75 Å². The Morgan fingerprint density at radius 1 is 1.17 bits per heavy atom. The molecule has 0 aromatic carbocycles. The fourth-order valence-electron chi connectivity index (χ4n) is 5.09. The number of aromatic nitrogens is 4. The molecule has 2 aliphatic carbocycles. The topological polar surface area (TPSA) is 120 Å². The highest BCUT2D eigenvalue weighted by Gasteiger charge is 2.29. The molecule has 0 bridgehead atoms. The number of hydrogen-bond acceptors (Lipinski definition) is 7. The van der Waals surface area contributed by atoms with Gasteiger partial charge in [-0.1, -0.05) is 18.1 Å². The van der Waals surface area contributed by atoms with Crippen molar-refractivity contribution < 1.29 is 24.2 Å². The summed E-state index contributed by atoms with van der Waals surface area (Å²) in [5.74, 6) is -0.455. The van der Waals surface area contributed by atoms with Gasteiger partial charge in [0.2, 0.25) is 0 Å². The van der Waals surface area contributed by atoms with E-state index >= 15 is 0 Å². The van der Waals surface area contributed by atoms with Crippen LogP contribution in [0.3, 0.4) is 0 Å². The van der Waals surface area contributed by atoms with Crippen LogP contribution in [-0.4, -0.2) is 67.8 Å². The number of rotatable bonds is 8. The molecule has 2 heterocycles. The summed E-state index contributed by atoms with van der Waals surface area (Å²) in [6, 6.07) is 3.97. The molecular formula is C25H35N5O5. The minimum absolute atomic E-state index is 0.125. The van der Waals surface area contributed by atoms with Gasteiger partial charge in [-0.3, -0.25) is 9.48 Å². The maximum Gasteiger partial charge on any atom is 0.409 e. The molecule has 35 heavy (non-hydrogen) atoms. The molecular weight excluding hydrogens is 450 g/mol. The lowest BCUT2D eigenvalue weighted by Gasteiger charge is -2.27. The van der Waals surface area contributed by atoms with E-state index in [4.69, 9.17) is 9.47 Å². The zero-order valence-corrected chi connectivity index (χ0v) is 20.8. The molecule has 0 aliphatic heterocycles. The fraction of sp³-hybridized carbons (Fsp3) is 0.640. The Balaban J connectivity index is 1.38. The fourth-order valence-corrected chi connectivity index (χ4v) is 5.09. The van der Waals surface area contributed by atoms with E-state index in [0.717, 1.165) is 44.2 Å². The van der Waals surface area contributed by atoms with Gasteiger partial charge in [-0.15, -0.1) is 5.10 Å². The van der Waals surface area contributed by atoms with Crippen LogP contribution in [0, 0.1) is 12.8 Å². The third-order valence-corrected chi connectivity index (χ3v) is 7.22. The number of aryl methyl sites for hydroxylation is 2. The van der Waals surface area contributed by atoms with Crippen LogP contribution < -0.4 is 4.74 Å². The quantitative estimate of drug-likeness (QED) is 0.600. The molecule has 1 N–H and O–H groups in total. The van der Waals surface area contributed by atoms with E-state index in [1.54, 1.807) is 16.6 Å². The number of pyridine rings is 1. The maximum absolute atomic E-state index is 12.4. The first kappa shape index (κ1) is 24.9. The average Bonchev–Trinajstić information content (AvgIpc) is 3.50. The molecule has 10 nitrogen and oxygen atoms in total. The van der Waals surface area contributed by atoms with Crippen molar-refractivity contribution >= 4 is 12.1 Å². The Morgan fingerprint density at radius 3 is 2.66 bits per heavy atom. The predicted molar refractivity (Wildman–Crippen MR) is 128 cm³/mol. The molecule has 2 aromatic heterocycles. The molecule has 2 fully saturated rings. The molecule has 0 spiro atoms. The van der Waals surface area contributed by atoms with E-state index in [-0.39, 0.29) is 30.8 Å². The van der Waals surface area contributed by atoms with Crippen molar-refractivity contribution in [1.29, 1.82) is 0 Å². The SMILES string of the molecule is Cc1nc(-c2nnn(C)c2CCOC(=O)N(C)C2CCCC2)ccc1O[C@H]1CCC[C@H](C(=O)O)C1. The standard InChI is InChI=1S/C25H35N5O5/c1-16-22(35-19-10-6-7-17(15-19)24(31)32)12-11-20(26-16)23-21(30(3)28-27-23)13-14-34-25(33)29(2)18-8-4-5-9-18/h11-12,17-19H,4-10,13-15H2,1-3H3,(H,31,32)/t17-,19-/m0/s1. The zero-order chi connectivity index (χ0) is 24.9. The number of carboxylic acid groups (broad SMARTS) is 1. The zero-order valence-electron chi connectivity index (χ0n) is 20.8. The number of carbonyl (C=O) groups is 2. The first-order valence-electron chi connectivity index (χ1n) is 12.5. The summed E-state index contributed by atoms with van der Waals surface area (Å²) in [6.45, 7) is 2.10. The van der Waals surface area contributed by atoms with Gasteiger partial charge >= 0.3 is 12.1 Å². The van der Waals surface area contributed by atoms with Crippen LogP contribution in [-0.2, 0) is 23.0 Å². The molecule has 4 rings (SSSR count). The van der Waals surface area contributed by atoms with Crippen LogP contribution in [0.1, 0.15) is 62.8 Å². The monoisotopic (exact) mass is 485 g/mol. The highest BCUT2D eigenvalue weighted by molar-refractivity contribution is 5.70. The van der Waals surface area contributed by atoms with Gasteiger partial charge in [0, 0.05) is 26.6 Å². The van der Waals surface area contributed by atoms with Gasteiger partial charge in [0.15, 0.2) is 0 Å². The van der Waals surface area contributed by atoms with Crippen LogP contribution in [0.15, 0.2) is 12.1 Å². The van der Waals surface area contributed by atoms with Gasteiger partial charge in [0.05, 0.1) is 35.7 Å². The van der Waals surface area contributed by atoms with Gasteiger partial charge < -0.3 is 19.5 Å². The van der Waals surface area contributed by atoms with Crippen molar-refractivity contribution in [2.24, 2.45) is 13.0 Å². The molecule has 0 radical (unpaired) electrons. The molecule has 10 heteroatoms. The van der Waals surface area contributed by atoms with E-state index in [0.29, 0.717) is 42.1 Å². The highest BCUT2D eigenvalue weighted by Crippen LogP contribution is 2.30. The summed E-state index contributed by atoms with van der Waals surface area (Å²) in [5, 5.41) is 17.8. The van der Waals surface area contributed by atoms with E-state index in [1.807, 2.05) is 26.1 Å². The summed E-state index contributed by atoms with van der Waals surface area (Å²) >= 11 is 0. The van der Waals surface area contributed by atoms with Crippen LogP contribution >= 0.6 is 0 Å². The van der Waals surface area contributed by atoms with E-state index in [1.165, 1.54) is 0 Å². The molecule has 2 saturated carbocycles. The molecule has 2 aromatic rings. The van der Waals surface area contributed by atoms with Crippen molar-refractivity contribution in [1.82, 2.24) is 24.9 Å². The van der Waals surface area contributed by atoms with Crippen molar-refractivity contribution in [2.75, 3.05) is 13.7 Å². The molecule has 190 valence electrons. The second kappa shape index (κ2) is 11.0. The molecule has 0 unspecified atom stereocenters. The summed E-state index contributed by atoms with van der Waals surface area (Å²) in [5.41, 5.74) is 2.85. The second-order valence-corrected chi connectivity index (χ2v) is 9.64. The minimum Gasteiger partial charge on any atom is -0.489 e. The van der Waals surface area contributed by atoms with Crippen molar-refractivity contribution in [2.45, 2.75) is 76.9 Å². The third-order valence-electron chi connectivity index (χ3n) is 7.22. The Kier molecular flexibility index (Phi) is 7.87. The Labute approximate surface area is 205 Å². The number of amides is 1. The van der Waals surface area contributed by atoms with E-state index in [2.05, 4.69) is 15.3 Å². The third kappa shape index (κ3) is 5.91. The van der Waals surface area contributed by atoms with Gasteiger partial charge in [0.1, 0.15) is 11.4 Å². The van der Waals surface area contributed by atoms with E-state index < -0.39 is 5.97 Å². The van der Waals surface area contributed by atoms with Gasteiger partial charge in [-0.25, -0.2) is 9.78 Å². The number of ether oxygens (including phenoxy) is 2. The summed E-state index contributed by atoms with van der Waals surface area (Å²) < 4.78 is 13.3. The van der Waals surface area contributed by atoms with Gasteiger partial charge in [-0.05, 0) is 57.6 Å². The normalized spacial score (nSPS) is 20.5. The smallest absolute Gasteiger partial charge is 0.409 e. The largest absolute Gasteiger partial charge is 0.489 e. The summed E-state index contributed by atoms with van der Waals surface area (Å²) in [7, 11) is 3.62. The first-order valence-corrected chi connectivity index (χ1v) is 12.5. The lowest BCUT2D eigenvalue weighted by Crippen LogP contribution is -2.36. The second-order valence-electron chi connectivity index (χ2n) is 9.64. The summed E-state index contributed by atoms with van der Waals surface area (Å²) in [4.78, 5) is 30.2. The molecule has 2 aliphatic rings. The predicted octanol–water partition coefficient (Wildman–Crippen LogP) is 3.76. The highest BCUT2D eigenvalue weighted by atomic mass is 16.6. The molecule has 0 saturated heterocycles. The maximum atomic E-state index is 12.4.